The molecule has 0 aromatic rings. The zero-order valence-corrected chi connectivity index (χ0v) is 51.3. The summed E-state index contributed by atoms with van der Waals surface area (Å²) in [7, 11) is 0. The largest absolute Gasteiger partial charge is 0.462 e. The molecule has 0 aliphatic heterocycles. The Kier molecular flexibility index (Phi) is 63.1. The second-order valence-electron chi connectivity index (χ2n) is 23.1. The van der Waals surface area contributed by atoms with Crippen molar-refractivity contribution in [3.05, 3.63) is 36.5 Å². The minimum absolute atomic E-state index is 0.0697. The van der Waals surface area contributed by atoms with E-state index in [1.165, 1.54) is 263 Å². The van der Waals surface area contributed by atoms with Crippen LogP contribution in [0.5, 0.6) is 0 Å². The van der Waals surface area contributed by atoms with Crippen molar-refractivity contribution in [2.24, 2.45) is 0 Å². The van der Waals surface area contributed by atoms with Crippen LogP contribution in [-0.2, 0) is 28.6 Å². The van der Waals surface area contributed by atoms with E-state index in [1.807, 2.05) is 0 Å². The molecule has 76 heavy (non-hydrogen) atoms. The topological polar surface area (TPSA) is 78.9 Å². The van der Waals surface area contributed by atoms with Gasteiger partial charge in [0.25, 0.3) is 0 Å². The predicted molar refractivity (Wildman–Crippen MR) is 330 cm³/mol. The van der Waals surface area contributed by atoms with Crippen LogP contribution < -0.4 is 0 Å². The molecule has 0 heterocycles. The molecule has 0 aliphatic rings. The van der Waals surface area contributed by atoms with E-state index in [0.29, 0.717) is 19.3 Å². The highest BCUT2D eigenvalue weighted by atomic mass is 16.6. The smallest absolute Gasteiger partial charge is 0.306 e. The lowest BCUT2D eigenvalue weighted by molar-refractivity contribution is -0.167. The fourth-order valence-corrected chi connectivity index (χ4v) is 10.2. The van der Waals surface area contributed by atoms with Crippen LogP contribution >= 0.6 is 0 Å². The van der Waals surface area contributed by atoms with E-state index in [-0.39, 0.29) is 31.1 Å². The molecule has 6 heteroatoms. The van der Waals surface area contributed by atoms with Crippen molar-refractivity contribution in [3.63, 3.8) is 0 Å². The van der Waals surface area contributed by atoms with Crippen LogP contribution in [0.25, 0.3) is 0 Å². The van der Waals surface area contributed by atoms with E-state index in [9.17, 15) is 14.4 Å². The molecule has 0 bridgehead atoms. The molecule has 6 nitrogen and oxygen atoms in total. The predicted octanol–water partition coefficient (Wildman–Crippen LogP) is 23.2. The van der Waals surface area contributed by atoms with Gasteiger partial charge in [0.15, 0.2) is 6.10 Å². The lowest BCUT2D eigenvalue weighted by Crippen LogP contribution is -2.30. The molecular formula is C70H130O6. The second-order valence-corrected chi connectivity index (χ2v) is 23.1. The van der Waals surface area contributed by atoms with Crippen LogP contribution in [0, 0.1) is 0 Å². The van der Waals surface area contributed by atoms with Crippen molar-refractivity contribution in [1.29, 1.82) is 0 Å². The van der Waals surface area contributed by atoms with Gasteiger partial charge in [-0.1, -0.05) is 314 Å². The Morgan fingerprint density at radius 2 is 0.474 bits per heavy atom. The van der Waals surface area contributed by atoms with Crippen molar-refractivity contribution < 1.29 is 28.6 Å². The number of ether oxygens (including phenoxy) is 3. The summed E-state index contributed by atoms with van der Waals surface area (Å²) >= 11 is 0. The summed E-state index contributed by atoms with van der Waals surface area (Å²) in [5, 5.41) is 0. The van der Waals surface area contributed by atoms with Crippen LogP contribution in [0.1, 0.15) is 374 Å². The first kappa shape index (κ1) is 73.6. The fourth-order valence-electron chi connectivity index (χ4n) is 10.2. The van der Waals surface area contributed by atoms with Crippen molar-refractivity contribution in [2.75, 3.05) is 13.2 Å². The van der Waals surface area contributed by atoms with E-state index < -0.39 is 6.10 Å². The number of carbonyl (C=O) groups is 3. The lowest BCUT2D eigenvalue weighted by Gasteiger charge is -2.18. The molecule has 0 N–H and O–H groups in total. The average molecular weight is 1070 g/mol. The third-order valence-corrected chi connectivity index (χ3v) is 15.4. The quantitative estimate of drug-likeness (QED) is 0.0261. The van der Waals surface area contributed by atoms with Crippen molar-refractivity contribution >= 4 is 17.9 Å². The van der Waals surface area contributed by atoms with Crippen LogP contribution in [0.4, 0.5) is 0 Å². The summed E-state index contributed by atoms with van der Waals surface area (Å²) in [5.41, 5.74) is 0. The van der Waals surface area contributed by atoms with Gasteiger partial charge >= 0.3 is 17.9 Å². The molecule has 0 rings (SSSR count). The average Bonchev–Trinajstić information content (AvgIpc) is 3.42. The Labute approximate surface area is 474 Å². The Balaban J connectivity index is 4.11. The molecular weight excluding hydrogens is 937 g/mol. The molecule has 0 aromatic heterocycles. The van der Waals surface area contributed by atoms with Crippen LogP contribution in [0.3, 0.4) is 0 Å². The van der Waals surface area contributed by atoms with Gasteiger partial charge in [-0.3, -0.25) is 14.4 Å². The molecule has 0 spiro atoms. The highest BCUT2D eigenvalue weighted by Crippen LogP contribution is 2.18. The molecule has 0 radical (unpaired) electrons. The normalized spacial score (nSPS) is 12.2. The maximum Gasteiger partial charge on any atom is 0.306 e. The minimum atomic E-state index is -0.772. The third-order valence-electron chi connectivity index (χ3n) is 15.4. The highest BCUT2D eigenvalue weighted by Gasteiger charge is 2.19. The van der Waals surface area contributed by atoms with E-state index in [0.717, 1.165) is 70.6 Å². The summed E-state index contributed by atoms with van der Waals surface area (Å²) in [4.78, 5) is 38.3. The number of hydrogen-bond acceptors (Lipinski definition) is 6. The number of carbonyl (C=O) groups excluding carboxylic acids is 3. The maximum atomic E-state index is 12.9. The molecule has 1 atom stereocenters. The number of esters is 3. The fraction of sp³-hybridized carbons (Fsp3) is 0.871. The summed E-state index contributed by atoms with van der Waals surface area (Å²) in [6.07, 6.45) is 80.3. The summed E-state index contributed by atoms with van der Waals surface area (Å²) in [5.74, 6) is -0.854. The molecule has 0 fully saturated rings. The summed E-state index contributed by atoms with van der Waals surface area (Å²) in [6, 6.07) is 0. The number of hydrogen-bond donors (Lipinski definition) is 0. The Hall–Kier alpha value is -2.37. The van der Waals surface area contributed by atoms with Gasteiger partial charge in [-0.25, -0.2) is 0 Å². The van der Waals surface area contributed by atoms with E-state index in [2.05, 4.69) is 57.2 Å². The highest BCUT2D eigenvalue weighted by molar-refractivity contribution is 5.71. The van der Waals surface area contributed by atoms with Gasteiger partial charge in [0, 0.05) is 19.3 Å². The van der Waals surface area contributed by atoms with Gasteiger partial charge in [0.2, 0.25) is 0 Å². The monoisotopic (exact) mass is 1070 g/mol. The molecule has 0 aromatic carbocycles. The van der Waals surface area contributed by atoms with Crippen molar-refractivity contribution in [1.82, 2.24) is 0 Å². The van der Waals surface area contributed by atoms with Gasteiger partial charge in [-0.15, -0.1) is 0 Å². The van der Waals surface area contributed by atoms with Gasteiger partial charge in [-0.2, -0.15) is 0 Å². The Morgan fingerprint density at radius 1 is 0.263 bits per heavy atom. The Bertz CT molecular complexity index is 1270. The van der Waals surface area contributed by atoms with Crippen LogP contribution in [-0.4, -0.2) is 37.2 Å². The second kappa shape index (κ2) is 65.2. The van der Waals surface area contributed by atoms with Crippen molar-refractivity contribution in [2.45, 2.75) is 380 Å². The van der Waals surface area contributed by atoms with Gasteiger partial charge in [-0.05, 0) is 77.0 Å². The van der Waals surface area contributed by atoms with Crippen molar-refractivity contribution in [3.8, 4) is 0 Å². The maximum absolute atomic E-state index is 12.9. The van der Waals surface area contributed by atoms with Gasteiger partial charge in [0.1, 0.15) is 13.2 Å². The van der Waals surface area contributed by atoms with Gasteiger partial charge in [0.05, 0.1) is 0 Å². The van der Waals surface area contributed by atoms with E-state index in [1.54, 1.807) is 0 Å². The first-order chi connectivity index (χ1) is 37.5. The van der Waals surface area contributed by atoms with E-state index in [4.69, 9.17) is 14.2 Å². The molecule has 0 amide bonds. The zero-order valence-electron chi connectivity index (χ0n) is 51.3. The minimum Gasteiger partial charge on any atom is -0.462 e. The van der Waals surface area contributed by atoms with Crippen LogP contribution in [0.2, 0.25) is 0 Å². The lowest BCUT2D eigenvalue weighted by atomic mass is 10.0. The number of unbranched alkanes of at least 4 members (excludes halogenated alkanes) is 46. The Morgan fingerprint density at radius 3 is 0.737 bits per heavy atom. The third kappa shape index (κ3) is 62.5. The first-order valence-electron chi connectivity index (χ1n) is 34.0. The molecule has 446 valence electrons. The number of allylic oxidation sites excluding steroid dienone is 6. The summed E-state index contributed by atoms with van der Waals surface area (Å²) < 4.78 is 16.9. The number of rotatable bonds is 63. The standard InChI is InChI=1S/C70H130O6/c1-4-7-10-13-16-19-22-25-27-28-29-30-31-32-33-34-35-36-37-38-39-40-41-42-44-45-48-51-54-57-60-63-69(72)75-66-67(65-74-68(71)62-59-56-53-50-47-24-21-18-15-12-9-6-3)76-70(73)64-61-58-55-52-49-46-43-26-23-20-17-14-11-8-5-2/h22,25-26,28-29,43,67H,4-21,23-24,27,30-42,44-66H2,1-3H3/b25-22-,29-28-,43-26-. The summed E-state index contributed by atoms with van der Waals surface area (Å²) in [6.45, 7) is 6.67. The molecule has 0 aliphatic carbocycles. The SMILES string of the molecule is CCCCCCC/C=C\C/C=C\CCCCCCCCCCCCCCCCCCCCCC(=O)OCC(COC(=O)CCCCCCCCCCCCCC)OC(=O)CCCCCCC/C=C\CCCCCCCC. The molecule has 0 saturated heterocycles. The molecule has 1 unspecified atom stereocenters. The van der Waals surface area contributed by atoms with E-state index >= 15 is 0 Å². The van der Waals surface area contributed by atoms with Crippen LogP contribution in [0.15, 0.2) is 36.5 Å². The first-order valence-corrected chi connectivity index (χ1v) is 34.0. The molecule has 0 saturated carbocycles. The zero-order chi connectivity index (χ0) is 55.0. The van der Waals surface area contributed by atoms with Gasteiger partial charge < -0.3 is 14.2 Å².